The second kappa shape index (κ2) is 6.10. The fourth-order valence-electron chi connectivity index (χ4n) is 4.06. The van der Waals surface area contributed by atoms with E-state index in [9.17, 15) is 0 Å². The predicted molar refractivity (Wildman–Crippen MR) is 109 cm³/mol. The Kier molecular flexibility index (Phi) is 3.50. The number of fused-ring (bicyclic) bond motifs is 1. The molecule has 0 unspecified atom stereocenters. The molecule has 1 aliphatic heterocycles. The van der Waals surface area contributed by atoms with Crippen LogP contribution in [0.2, 0.25) is 0 Å². The van der Waals surface area contributed by atoms with Crippen LogP contribution in [0.15, 0.2) is 36.5 Å². The quantitative estimate of drug-likeness (QED) is 0.537. The monoisotopic (exact) mass is 386 g/mol. The molecule has 2 fully saturated rings. The highest BCUT2D eigenvalue weighted by molar-refractivity contribution is 5.76. The van der Waals surface area contributed by atoms with Gasteiger partial charge in [0.25, 0.3) is 0 Å². The first-order chi connectivity index (χ1) is 14.2. The predicted octanol–water partition coefficient (Wildman–Crippen LogP) is 2.73. The van der Waals surface area contributed by atoms with Crippen molar-refractivity contribution in [2.75, 3.05) is 18.0 Å². The highest BCUT2D eigenvalue weighted by Gasteiger charge is 2.34. The van der Waals surface area contributed by atoms with Gasteiger partial charge in [0.1, 0.15) is 17.5 Å². The lowest BCUT2D eigenvalue weighted by atomic mass is 9.99. The molecule has 0 amide bonds. The molecule has 1 aliphatic carbocycles. The zero-order valence-electron chi connectivity index (χ0n) is 16.5. The van der Waals surface area contributed by atoms with Gasteiger partial charge in [-0.3, -0.25) is 0 Å². The van der Waals surface area contributed by atoms with Crippen LogP contribution in [-0.2, 0) is 7.05 Å². The molecule has 0 atom stereocenters. The summed E-state index contributed by atoms with van der Waals surface area (Å²) >= 11 is 0. The van der Waals surface area contributed by atoms with Crippen LogP contribution in [0.3, 0.4) is 0 Å². The van der Waals surface area contributed by atoms with Gasteiger partial charge in [-0.2, -0.15) is 0 Å². The number of aromatic nitrogens is 7. The number of nitrogens with zero attached hydrogens (tertiary/aromatic N) is 8. The summed E-state index contributed by atoms with van der Waals surface area (Å²) in [5, 5.41) is 8.30. The van der Waals surface area contributed by atoms with E-state index in [0.717, 1.165) is 47.6 Å². The van der Waals surface area contributed by atoms with E-state index in [1.807, 2.05) is 25.3 Å². The number of imidazole rings is 1. The van der Waals surface area contributed by atoms with Crippen molar-refractivity contribution < 1.29 is 0 Å². The Bertz CT molecular complexity index is 1210. The fraction of sp³-hybridized carbons (Fsp3) is 0.381. The number of rotatable bonds is 4. The molecular formula is C21H22N8. The van der Waals surface area contributed by atoms with Gasteiger partial charge in [0.15, 0.2) is 5.82 Å². The number of hydrogen-bond donors (Lipinski definition) is 0. The molecule has 2 aliphatic rings. The highest BCUT2D eigenvalue weighted by Crippen LogP contribution is 2.40. The van der Waals surface area contributed by atoms with Gasteiger partial charge in [0.05, 0.1) is 28.8 Å². The summed E-state index contributed by atoms with van der Waals surface area (Å²) in [6, 6.07) is 10.3. The van der Waals surface area contributed by atoms with Crippen molar-refractivity contribution in [1.29, 1.82) is 0 Å². The molecule has 8 heteroatoms. The number of para-hydroxylation sites is 2. The van der Waals surface area contributed by atoms with Crippen LogP contribution >= 0.6 is 0 Å². The summed E-state index contributed by atoms with van der Waals surface area (Å²) in [5.74, 6) is 4.73. The summed E-state index contributed by atoms with van der Waals surface area (Å²) in [7, 11) is 2.11. The number of hydrogen-bond acceptors (Lipinski definition) is 6. The molecule has 4 aromatic rings. The molecular weight excluding hydrogens is 364 g/mol. The van der Waals surface area contributed by atoms with E-state index >= 15 is 0 Å². The van der Waals surface area contributed by atoms with Gasteiger partial charge in [0.2, 0.25) is 0 Å². The second-order valence-corrected chi connectivity index (χ2v) is 8.14. The molecule has 0 N–H and O–H groups in total. The minimum atomic E-state index is 0.406. The number of anilines is 1. The molecule has 0 bridgehead atoms. The normalized spacial score (nSPS) is 17.1. The summed E-state index contributed by atoms with van der Waals surface area (Å²) in [5.41, 5.74) is 3.12. The Labute approximate surface area is 168 Å². The Hall–Kier alpha value is -3.29. The average molecular weight is 386 g/mol. The molecule has 8 nitrogen and oxygen atoms in total. The Morgan fingerprint density at radius 3 is 2.48 bits per heavy atom. The SMILES string of the molecule is Cc1cn(-c2cc(N3CC(c4nc5ccccc5n4C)C3)nc(C3CC3)n2)nn1. The van der Waals surface area contributed by atoms with E-state index in [4.69, 9.17) is 15.0 Å². The summed E-state index contributed by atoms with van der Waals surface area (Å²) in [4.78, 5) is 16.8. The molecule has 0 spiro atoms. The van der Waals surface area contributed by atoms with Crippen molar-refractivity contribution in [2.45, 2.75) is 31.6 Å². The second-order valence-electron chi connectivity index (χ2n) is 8.14. The maximum Gasteiger partial charge on any atom is 0.160 e. The lowest BCUT2D eigenvalue weighted by Crippen LogP contribution is -2.46. The minimum Gasteiger partial charge on any atom is -0.355 e. The Morgan fingerprint density at radius 1 is 0.966 bits per heavy atom. The third kappa shape index (κ3) is 2.78. The first-order valence-corrected chi connectivity index (χ1v) is 10.1. The zero-order valence-corrected chi connectivity index (χ0v) is 16.5. The van der Waals surface area contributed by atoms with Crippen molar-refractivity contribution in [2.24, 2.45) is 7.05 Å². The van der Waals surface area contributed by atoms with Crippen molar-refractivity contribution in [3.05, 3.63) is 53.9 Å². The van der Waals surface area contributed by atoms with Gasteiger partial charge >= 0.3 is 0 Å². The topological polar surface area (TPSA) is 77.5 Å². The summed E-state index contributed by atoms with van der Waals surface area (Å²) in [6.45, 7) is 3.76. The van der Waals surface area contributed by atoms with Crippen LogP contribution in [0, 0.1) is 6.92 Å². The molecule has 1 saturated heterocycles. The lowest BCUT2D eigenvalue weighted by Gasteiger charge is -2.39. The van der Waals surface area contributed by atoms with Crippen LogP contribution < -0.4 is 4.90 Å². The van der Waals surface area contributed by atoms with Crippen molar-refractivity contribution >= 4 is 16.9 Å². The van der Waals surface area contributed by atoms with E-state index in [1.54, 1.807) is 4.68 Å². The van der Waals surface area contributed by atoms with Gasteiger partial charge in [-0.25, -0.2) is 19.6 Å². The van der Waals surface area contributed by atoms with E-state index in [0.29, 0.717) is 11.8 Å². The zero-order chi connectivity index (χ0) is 19.5. The number of aryl methyl sites for hydroxylation is 2. The summed E-state index contributed by atoms with van der Waals surface area (Å²) in [6.07, 6.45) is 4.24. The van der Waals surface area contributed by atoms with Crippen LogP contribution in [0.5, 0.6) is 0 Å². The van der Waals surface area contributed by atoms with Crippen LogP contribution in [-0.4, -0.2) is 47.6 Å². The Balaban J connectivity index is 1.29. The van der Waals surface area contributed by atoms with Crippen molar-refractivity contribution in [1.82, 2.24) is 34.5 Å². The number of benzene rings is 1. The molecule has 6 rings (SSSR count). The maximum atomic E-state index is 4.87. The van der Waals surface area contributed by atoms with Crippen LogP contribution in [0.1, 0.15) is 42.0 Å². The van der Waals surface area contributed by atoms with E-state index in [-0.39, 0.29) is 0 Å². The maximum absolute atomic E-state index is 4.87. The van der Waals surface area contributed by atoms with E-state index in [1.165, 1.54) is 18.4 Å². The molecule has 3 aromatic heterocycles. The van der Waals surface area contributed by atoms with E-state index < -0.39 is 0 Å². The molecule has 0 radical (unpaired) electrons. The van der Waals surface area contributed by atoms with Crippen LogP contribution in [0.25, 0.3) is 16.9 Å². The lowest BCUT2D eigenvalue weighted by molar-refractivity contribution is 0.485. The van der Waals surface area contributed by atoms with Gasteiger partial charge in [0, 0.05) is 32.1 Å². The van der Waals surface area contributed by atoms with Gasteiger partial charge in [-0.15, -0.1) is 5.10 Å². The molecule has 1 saturated carbocycles. The van der Waals surface area contributed by atoms with Gasteiger partial charge in [-0.05, 0) is 31.9 Å². The highest BCUT2D eigenvalue weighted by atomic mass is 15.4. The smallest absolute Gasteiger partial charge is 0.160 e. The molecule has 4 heterocycles. The first-order valence-electron chi connectivity index (χ1n) is 10.1. The third-order valence-electron chi connectivity index (χ3n) is 5.89. The molecule has 1 aromatic carbocycles. The first kappa shape index (κ1) is 16.6. The van der Waals surface area contributed by atoms with Gasteiger partial charge < -0.3 is 9.47 Å². The standard InChI is InChI=1S/C21H22N8/c1-13-10-29(26-25-13)19-9-18(23-20(24-19)14-7-8-14)28-11-15(12-28)21-22-16-5-3-4-6-17(16)27(21)2/h3-6,9-10,14-15H,7-8,11-12H2,1-2H3. The van der Waals surface area contributed by atoms with Crippen molar-refractivity contribution in [3.63, 3.8) is 0 Å². The van der Waals surface area contributed by atoms with Crippen LogP contribution in [0.4, 0.5) is 5.82 Å². The van der Waals surface area contributed by atoms with Crippen molar-refractivity contribution in [3.8, 4) is 5.82 Å². The molecule has 146 valence electrons. The molecule has 29 heavy (non-hydrogen) atoms. The Morgan fingerprint density at radius 2 is 1.76 bits per heavy atom. The van der Waals surface area contributed by atoms with E-state index in [2.05, 4.69) is 45.0 Å². The van der Waals surface area contributed by atoms with Gasteiger partial charge in [-0.1, -0.05) is 17.3 Å². The third-order valence-corrected chi connectivity index (χ3v) is 5.89. The minimum absolute atomic E-state index is 0.406. The summed E-state index contributed by atoms with van der Waals surface area (Å²) < 4.78 is 3.96. The largest absolute Gasteiger partial charge is 0.355 e. The fourth-order valence-corrected chi connectivity index (χ4v) is 4.06. The average Bonchev–Trinajstić information content (AvgIpc) is 3.38.